The summed E-state index contributed by atoms with van der Waals surface area (Å²) in [6.45, 7) is 9.58. The van der Waals surface area contributed by atoms with Gasteiger partial charge >= 0.3 is 6.09 Å². The fourth-order valence-corrected chi connectivity index (χ4v) is 2.44. The van der Waals surface area contributed by atoms with Crippen LogP contribution in [-0.4, -0.2) is 59.3 Å². The van der Waals surface area contributed by atoms with E-state index in [1.807, 2.05) is 27.7 Å². The second kappa shape index (κ2) is 7.02. The number of amides is 1. The monoisotopic (exact) mass is 322 g/mol. The predicted octanol–water partition coefficient (Wildman–Crippen LogP) is 2.32. The summed E-state index contributed by atoms with van der Waals surface area (Å²) in [6, 6.07) is 1.83. The third-order valence-corrected chi connectivity index (χ3v) is 3.58. The zero-order valence-electron chi connectivity index (χ0n) is 14.6. The molecule has 0 aromatic carbocycles. The number of carbonyl (C=O) groups excluding carboxylic acids is 1. The Morgan fingerprint density at radius 3 is 2.87 bits per heavy atom. The van der Waals surface area contributed by atoms with Gasteiger partial charge in [-0.05, 0) is 34.1 Å². The fraction of sp³-hybridized carbons (Fsp3) is 0.688. The molecule has 0 spiro atoms. The van der Waals surface area contributed by atoms with E-state index in [2.05, 4.69) is 14.9 Å². The standard InChI is InChI=1S/C16H26N4O3/c1-6-22-13-7-9-17-14(18-13)20-10-8-12(11-20)19(5)15(21)23-16(2,3)4/h7,9,12H,6,8,10-11H2,1-5H3. The molecule has 1 saturated heterocycles. The molecule has 7 nitrogen and oxygen atoms in total. The van der Waals surface area contributed by atoms with Gasteiger partial charge in [-0.2, -0.15) is 4.98 Å². The van der Waals surface area contributed by atoms with Crippen molar-refractivity contribution in [2.24, 2.45) is 0 Å². The quantitative estimate of drug-likeness (QED) is 0.847. The number of likely N-dealkylation sites (N-methyl/N-ethyl adjacent to an activating group) is 1. The SMILES string of the molecule is CCOc1ccnc(N2CCC(N(C)C(=O)OC(C)(C)C)C2)n1. The zero-order valence-corrected chi connectivity index (χ0v) is 14.6. The van der Waals surface area contributed by atoms with Crippen molar-refractivity contribution in [3.05, 3.63) is 12.3 Å². The Morgan fingerprint density at radius 1 is 1.48 bits per heavy atom. The maximum atomic E-state index is 12.2. The normalized spacial score (nSPS) is 18.0. The van der Waals surface area contributed by atoms with Crippen LogP contribution in [0.25, 0.3) is 0 Å². The van der Waals surface area contributed by atoms with Crippen molar-refractivity contribution in [3.63, 3.8) is 0 Å². The Kier molecular flexibility index (Phi) is 5.28. The fourth-order valence-electron chi connectivity index (χ4n) is 2.44. The number of ether oxygens (including phenoxy) is 2. The first-order valence-electron chi connectivity index (χ1n) is 7.96. The first-order chi connectivity index (χ1) is 10.8. The Balaban J connectivity index is 1.98. The summed E-state index contributed by atoms with van der Waals surface area (Å²) in [5.41, 5.74) is -0.488. The molecule has 2 rings (SSSR count). The van der Waals surface area contributed by atoms with Gasteiger partial charge in [0.15, 0.2) is 0 Å². The molecule has 2 heterocycles. The third-order valence-electron chi connectivity index (χ3n) is 3.58. The molecule has 1 unspecified atom stereocenters. The molecule has 1 aliphatic rings. The summed E-state index contributed by atoms with van der Waals surface area (Å²) >= 11 is 0. The smallest absolute Gasteiger partial charge is 0.410 e. The average Bonchev–Trinajstić information content (AvgIpc) is 2.95. The number of carbonyl (C=O) groups is 1. The molecule has 0 N–H and O–H groups in total. The van der Waals surface area contributed by atoms with Crippen molar-refractivity contribution >= 4 is 12.0 Å². The van der Waals surface area contributed by atoms with Crippen LogP contribution >= 0.6 is 0 Å². The highest BCUT2D eigenvalue weighted by atomic mass is 16.6. The molecule has 1 fully saturated rings. The molecule has 23 heavy (non-hydrogen) atoms. The van der Waals surface area contributed by atoms with Crippen LogP contribution in [0.5, 0.6) is 5.88 Å². The van der Waals surface area contributed by atoms with Gasteiger partial charge in [-0.25, -0.2) is 9.78 Å². The Labute approximate surface area is 137 Å². The summed E-state index contributed by atoms with van der Waals surface area (Å²) in [7, 11) is 1.78. The molecular weight excluding hydrogens is 296 g/mol. The molecule has 128 valence electrons. The lowest BCUT2D eigenvalue weighted by molar-refractivity contribution is 0.0238. The predicted molar refractivity (Wildman–Crippen MR) is 87.8 cm³/mol. The minimum absolute atomic E-state index is 0.0872. The van der Waals surface area contributed by atoms with Crippen LogP contribution in [0, 0.1) is 0 Å². The first kappa shape index (κ1) is 17.3. The Morgan fingerprint density at radius 2 is 2.22 bits per heavy atom. The number of aromatic nitrogens is 2. The van der Waals surface area contributed by atoms with Crippen LogP contribution in [-0.2, 0) is 4.74 Å². The van der Waals surface area contributed by atoms with Crippen molar-refractivity contribution < 1.29 is 14.3 Å². The van der Waals surface area contributed by atoms with Crippen molar-refractivity contribution in [2.75, 3.05) is 31.6 Å². The van der Waals surface area contributed by atoms with Gasteiger partial charge in [0.25, 0.3) is 0 Å². The number of nitrogens with zero attached hydrogens (tertiary/aromatic N) is 4. The molecule has 0 bridgehead atoms. The summed E-state index contributed by atoms with van der Waals surface area (Å²) < 4.78 is 10.8. The molecule has 7 heteroatoms. The van der Waals surface area contributed by atoms with Crippen LogP contribution in [0.1, 0.15) is 34.1 Å². The van der Waals surface area contributed by atoms with Crippen LogP contribution < -0.4 is 9.64 Å². The largest absolute Gasteiger partial charge is 0.478 e. The number of rotatable bonds is 4. The van der Waals surface area contributed by atoms with E-state index in [0.29, 0.717) is 25.0 Å². The maximum absolute atomic E-state index is 12.2. The molecule has 0 aliphatic carbocycles. The van der Waals surface area contributed by atoms with Gasteiger partial charge < -0.3 is 19.3 Å². The highest BCUT2D eigenvalue weighted by Crippen LogP contribution is 2.22. The van der Waals surface area contributed by atoms with Gasteiger partial charge in [0, 0.05) is 32.4 Å². The lowest BCUT2D eigenvalue weighted by Gasteiger charge is -2.28. The van der Waals surface area contributed by atoms with E-state index in [1.54, 1.807) is 24.2 Å². The summed E-state index contributed by atoms with van der Waals surface area (Å²) in [5.74, 6) is 1.21. The zero-order chi connectivity index (χ0) is 17.0. The highest BCUT2D eigenvalue weighted by Gasteiger charge is 2.32. The minimum Gasteiger partial charge on any atom is -0.478 e. The molecular formula is C16H26N4O3. The van der Waals surface area contributed by atoms with E-state index in [1.165, 1.54) is 0 Å². The second-order valence-electron chi connectivity index (χ2n) is 6.61. The van der Waals surface area contributed by atoms with Gasteiger partial charge in [-0.1, -0.05) is 0 Å². The van der Waals surface area contributed by atoms with Crippen LogP contribution in [0.15, 0.2) is 12.3 Å². The van der Waals surface area contributed by atoms with Crippen LogP contribution in [0.3, 0.4) is 0 Å². The lowest BCUT2D eigenvalue weighted by atomic mass is 10.2. The van der Waals surface area contributed by atoms with E-state index in [9.17, 15) is 4.79 Å². The van der Waals surface area contributed by atoms with E-state index in [4.69, 9.17) is 9.47 Å². The van der Waals surface area contributed by atoms with Gasteiger partial charge in [-0.3, -0.25) is 0 Å². The number of hydrogen-bond acceptors (Lipinski definition) is 6. The molecule has 0 radical (unpaired) electrons. The lowest BCUT2D eigenvalue weighted by Crippen LogP contribution is -2.42. The van der Waals surface area contributed by atoms with Gasteiger partial charge in [0.05, 0.1) is 12.6 Å². The van der Waals surface area contributed by atoms with Crippen molar-refractivity contribution in [1.29, 1.82) is 0 Å². The average molecular weight is 322 g/mol. The molecule has 1 atom stereocenters. The Bertz CT molecular complexity index is 544. The summed E-state index contributed by atoms with van der Waals surface area (Å²) in [5, 5.41) is 0. The second-order valence-corrected chi connectivity index (χ2v) is 6.61. The molecule has 1 amide bonds. The van der Waals surface area contributed by atoms with E-state index < -0.39 is 5.60 Å². The van der Waals surface area contributed by atoms with Crippen molar-refractivity contribution in [3.8, 4) is 5.88 Å². The van der Waals surface area contributed by atoms with E-state index >= 15 is 0 Å². The van der Waals surface area contributed by atoms with Gasteiger partial charge in [-0.15, -0.1) is 0 Å². The molecule has 1 aliphatic heterocycles. The topological polar surface area (TPSA) is 67.8 Å². The molecule has 1 aromatic rings. The third kappa shape index (κ3) is 4.71. The Hall–Kier alpha value is -2.05. The number of anilines is 1. The highest BCUT2D eigenvalue weighted by molar-refractivity contribution is 5.68. The molecule has 1 aromatic heterocycles. The van der Waals surface area contributed by atoms with Crippen molar-refractivity contribution in [2.45, 2.75) is 45.8 Å². The maximum Gasteiger partial charge on any atom is 0.410 e. The molecule has 0 saturated carbocycles. The minimum atomic E-state index is -0.488. The van der Waals surface area contributed by atoms with Crippen molar-refractivity contribution in [1.82, 2.24) is 14.9 Å². The van der Waals surface area contributed by atoms with Gasteiger partial charge in [0.2, 0.25) is 11.8 Å². The van der Waals surface area contributed by atoms with Crippen LogP contribution in [0.2, 0.25) is 0 Å². The summed E-state index contributed by atoms with van der Waals surface area (Å²) in [4.78, 5) is 24.6. The number of hydrogen-bond donors (Lipinski definition) is 0. The van der Waals surface area contributed by atoms with E-state index in [0.717, 1.165) is 13.0 Å². The van der Waals surface area contributed by atoms with Crippen LogP contribution in [0.4, 0.5) is 10.7 Å². The van der Waals surface area contributed by atoms with E-state index in [-0.39, 0.29) is 12.1 Å². The first-order valence-corrected chi connectivity index (χ1v) is 7.96. The summed E-state index contributed by atoms with van der Waals surface area (Å²) in [6.07, 6.45) is 2.25. The van der Waals surface area contributed by atoms with Gasteiger partial charge in [0.1, 0.15) is 5.60 Å².